The number of fused-ring (bicyclic) bond motifs is 12. The number of nitrogens with zero attached hydrogens (tertiary/aromatic N) is 3. The number of aromatic nitrogens is 2. The van der Waals surface area contributed by atoms with Crippen molar-refractivity contribution in [1.82, 2.24) is 9.13 Å². The van der Waals surface area contributed by atoms with E-state index in [1.807, 2.05) is 11.3 Å². The number of benzene rings is 9. The van der Waals surface area contributed by atoms with Gasteiger partial charge in [-0.3, -0.25) is 0 Å². The minimum atomic E-state index is 1.10. The van der Waals surface area contributed by atoms with Crippen LogP contribution in [0.5, 0.6) is 0 Å². The average molecular weight is 732 g/mol. The van der Waals surface area contributed by atoms with E-state index >= 15 is 0 Å². The first-order valence-corrected chi connectivity index (χ1v) is 19.9. The fourth-order valence-electron chi connectivity index (χ4n) is 9.02. The highest BCUT2D eigenvalue weighted by Gasteiger charge is 2.21. The zero-order valence-electron chi connectivity index (χ0n) is 30.3. The van der Waals surface area contributed by atoms with Gasteiger partial charge in [0.05, 0.1) is 26.8 Å². The van der Waals surface area contributed by atoms with Crippen LogP contribution in [0.15, 0.2) is 200 Å². The molecule has 0 bridgehead atoms. The molecule has 0 saturated carbocycles. The summed E-state index contributed by atoms with van der Waals surface area (Å²) in [5.74, 6) is 0. The van der Waals surface area contributed by atoms with Crippen molar-refractivity contribution in [2.45, 2.75) is 0 Å². The maximum absolute atomic E-state index is 2.52. The number of hydrogen-bond acceptors (Lipinski definition) is 2. The van der Waals surface area contributed by atoms with Gasteiger partial charge in [0.25, 0.3) is 0 Å². The first-order valence-electron chi connectivity index (χ1n) is 19.1. The first-order chi connectivity index (χ1) is 27.8. The van der Waals surface area contributed by atoms with E-state index in [2.05, 4.69) is 214 Å². The number of thiophene rings is 1. The SMILES string of the molecule is c1ccc(N(c2ccc(-n3c4ccccc4c4ccccc43)cc2)c2ccc(-n3c4c5ccccc5ccc4c4ccc5c6ccccc6sc5c43)cc2)cc1. The fourth-order valence-corrected chi connectivity index (χ4v) is 10.3. The van der Waals surface area contributed by atoms with Gasteiger partial charge < -0.3 is 14.0 Å². The molecule has 12 aromatic rings. The summed E-state index contributed by atoms with van der Waals surface area (Å²) in [6, 6.07) is 73.0. The van der Waals surface area contributed by atoms with Gasteiger partial charge in [-0.15, -0.1) is 11.3 Å². The van der Waals surface area contributed by atoms with E-state index in [1.165, 1.54) is 74.6 Å². The quantitative estimate of drug-likeness (QED) is 0.172. The van der Waals surface area contributed by atoms with Crippen molar-refractivity contribution in [2.24, 2.45) is 0 Å². The van der Waals surface area contributed by atoms with Gasteiger partial charge >= 0.3 is 0 Å². The summed E-state index contributed by atoms with van der Waals surface area (Å²) in [6.07, 6.45) is 0. The molecule has 0 N–H and O–H groups in total. The minimum absolute atomic E-state index is 1.10. The Balaban J connectivity index is 1.03. The van der Waals surface area contributed by atoms with Crippen molar-refractivity contribution in [3.63, 3.8) is 0 Å². The maximum Gasteiger partial charge on any atom is 0.0720 e. The molecule has 9 aromatic carbocycles. The highest BCUT2D eigenvalue weighted by Crippen LogP contribution is 2.45. The molecule has 0 aliphatic carbocycles. The van der Waals surface area contributed by atoms with E-state index in [9.17, 15) is 0 Å². The summed E-state index contributed by atoms with van der Waals surface area (Å²) in [4.78, 5) is 2.35. The topological polar surface area (TPSA) is 13.1 Å². The van der Waals surface area contributed by atoms with Crippen LogP contribution in [-0.4, -0.2) is 9.13 Å². The van der Waals surface area contributed by atoms with Crippen molar-refractivity contribution in [1.29, 1.82) is 0 Å². The molecular weight excluding hydrogens is 699 g/mol. The highest BCUT2D eigenvalue weighted by molar-refractivity contribution is 7.26. The number of rotatable bonds is 5. The Morgan fingerprint density at radius 2 is 0.821 bits per heavy atom. The van der Waals surface area contributed by atoms with Gasteiger partial charge in [-0.05, 0) is 84.2 Å². The van der Waals surface area contributed by atoms with Crippen molar-refractivity contribution < 1.29 is 0 Å². The van der Waals surface area contributed by atoms with Crippen LogP contribution in [0.1, 0.15) is 0 Å². The van der Waals surface area contributed by atoms with Gasteiger partial charge in [-0.1, -0.05) is 121 Å². The third-order valence-electron chi connectivity index (χ3n) is 11.5. The monoisotopic (exact) mass is 731 g/mol. The molecule has 3 nitrogen and oxygen atoms in total. The standard InChI is InChI=1S/C52H33N3S/c1-2-13-35(14-3-1)53(36-23-27-38(28-24-36)54-47-19-9-6-16-41(47)42-17-7-10-20-48(42)54)37-25-29-39(30-26-37)55-50-40-15-5-4-12-34(40)22-31-44(50)45-32-33-46-43-18-8-11-21-49(43)56-52(46)51(45)55/h1-33H. The molecule has 0 amide bonds. The van der Waals surface area contributed by atoms with Crippen LogP contribution in [0.25, 0.3) is 85.9 Å². The lowest BCUT2D eigenvalue weighted by atomic mass is 10.1. The zero-order valence-corrected chi connectivity index (χ0v) is 31.1. The van der Waals surface area contributed by atoms with Gasteiger partial charge in [0.15, 0.2) is 0 Å². The van der Waals surface area contributed by atoms with Crippen LogP contribution in [0.3, 0.4) is 0 Å². The largest absolute Gasteiger partial charge is 0.311 e. The van der Waals surface area contributed by atoms with E-state index < -0.39 is 0 Å². The molecule has 0 unspecified atom stereocenters. The van der Waals surface area contributed by atoms with Gasteiger partial charge in [0.2, 0.25) is 0 Å². The normalized spacial score (nSPS) is 11.9. The number of para-hydroxylation sites is 3. The maximum atomic E-state index is 2.52. The Morgan fingerprint density at radius 3 is 1.52 bits per heavy atom. The van der Waals surface area contributed by atoms with E-state index in [4.69, 9.17) is 0 Å². The van der Waals surface area contributed by atoms with Crippen LogP contribution in [0.4, 0.5) is 17.1 Å². The van der Waals surface area contributed by atoms with Gasteiger partial charge in [-0.2, -0.15) is 0 Å². The van der Waals surface area contributed by atoms with E-state index in [0.29, 0.717) is 0 Å². The number of anilines is 3. The molecule has 0 fully saturated rings. The lowest BCUT2D eigenvalue weighted by molar-refractivity contribution is 1.17. The summed E-state index contributed by atoms with van der Waals surface area (Å²) < 4.78 is 7.53. The van der Waals surface area contributed by atoms with Crippen LogP contribution in [0, 0.1) is 0 Å². The molecule has 0 aliphatic heterocycles. The van der Waals surface area contributed by atoms with E-state index in [0.717, 1.165) is 28.4 Å². The van der Waals surface area contributed by atoms with Crippen molar-refractivity contribution in [3.8, 4) is 11.4 Å². The zero-order chi connectivity index (χ0) is 36.7. The van der Waals surface area contributed by atoms with E-state index in [-0.39, 0.29) is 0 Å². The van der Waals surface area contributed by atoms with Crippen LogP contribution in [-0.2, 0) is 0 Å². The fraction of sp³-hybridized carbons (Fsp3) is 0. The molecule has 56 heavy (non-hydrogen) atoms. The van der Waals surface area contributed by atoms with Crippen LogP contribution >= 0.6 is 11.3 Å². The molecule has 0 spiro atoms. The summed E-state index contributed by atoms with van der Waals surface area (Å²) in [6.45, 7) is 0. The second-order valence-corrected chi connectivity index (χ2v) is 15.6. The van der Waals surface area contributed by atoms with Gasteiger partial charge in [0.1, 0.15) is 0 Å². The second kappa shape index (κ2) is 12.2. The summed E-state index contributed by atoms with van der Waals surface area (Å²) in [7, 11) is 0. The first kappa shape index (κ1) is 31.2. The Hall–Kier alpha value is -7.14. The predicted molar refractivity (Wildman–Crippen MR) is 240 cm³/mol. The minimum Gasteiger partial charge on any atom is -0.311 e. The summed E-state index contributed by atoms with van der Waals surface area (Å²) >= 11 is 1.89. The predicted octanol–water partition coefficient (Wildman–Crippen LogP) is 14.9. The van der Waals surface area contributed by atoms with Crippen molar-refractivity contribution >= 4 is 103 Å². The second-order valence-electron chi connectivity index (χ2n) is 14.5. The molecule has 262 valence electrons. The van der Waals surface area contributed by atoms with Crippen LogP contribution in [0.2, 0.25) is 0 Å². The Bertz CT molecular complexity index is 3410. The smallest absolute Gasteiger partial charge is 0.0720 e. The van der Waals surface area contributed by atoms with Crippen LogP contribution < -0.4 is 4.90 Å². The molecule has 3 aromatic heterocycles. The highest BCUT2D eigenvalue weighted by atomic mass is 32.1. The number of hydrogen-bond donors (Lipinski definition) is 0. The average Bonchev–Trinajstić information content (AvgIpc) is 3.93. The third kappa shape index (κ3) is 4.57. The molecule has 4 heteroatoms. The van der Waals surface area contributed by atoms with Gasteiger partial charge in [0, 0.05) is 70.8 Å². The Morgan fingerprint density at radius 1 is 0.321 bits per heavy atom. The summed E-state index contributed by atoms with van der Waals surface area (Å²) in [5, 5.41) is 10.2. The van der Waals surface area contributed by atoms with Gasteiger partial charge in [-0.25, -0.2) is 0 Å². The van der Waals surface area contributed by atoms with Crippen molar-refractivity contribution in [3.05, 3.63) is 200 Å². The molecular formula is C52H33N3S. The Labute approximate surface area is 327 Å². The molecule has 0 atom stereocenters. The molecule has 3 heterocycles. The molecule has 0 aliphatic rings. The molecule has 0 saturated heterocycles. The third-order valence-corrected chi connectivity index (χ3v) is 12.7. The van der Waals surface area contributed by atoms with E-state index in [1.54, 1.807) is 0 Å². The Kier molecular flexibility index (Phi) is 6.80. The summed E-state index contributed by atoms with van der Waals surface area (Å²) in [5.41, 5.74) is 10.5. The van der Waals surface area contributed by atoms with Crippen molar-refractivity contribution in [2.75, 3.05) is 4.90 Å². The lowest BCUT2D eigenvalue weighted by Crippen LogP contribution is -2.10. The lowest BCUT2D eigenvalue weighted by Gasteiger charge is -2.26. The molecule has 12 rings (SSSR count). The molecule has 0 radical (unpaired) electrons.